The third kappa shape index (κ3) is 3.02. The molecule has 3 heteroatoms. The first-order chi connectivity index (χ1) is 9.30. The van der Waals surface area contributed by atoms with Gasteiger partial charge in [-0.2, -0.15) is 5.10 Å². The molecule has 0 spiro atoms. The lowest BCUT2D eigenvalue weighted by Crippen LogP contribution is -2.38. The first-order valence-corrected chi connectivity index (χ1v) is 8.04. The topological polar surface area (TPSA) is 29.9 Å². The van der Waals surface area contributed by atoms with Gasteiger partial charge in [-0.1, -0.05) is 6.92 Å². The molecule has 3 nitrogen and oxygen atoms in total. The van der Waals surface area contributed by atoms with Gasteiger partial charge in [-0.3, -0.25) is 4.68 Å². The average molecular weight is 261 g/mol. The minimum atomic E-state index is 0.669. The van der Waals surface area contributed by atoms with Crippen LogP contribution in [0.2, 0.25) is 0 Å². The van der Waals surface area contributed by atoms with Crippen LogP contribution in [0.25, 0.3) is 0 Å². The summed E-state index contributed by atoms with van der Waals surface area (Å²) in [7, 11) is 0. The number of aromatic nitrogens is 2. The molecular formula is C16H27N3. The number of nitrogens with zero attached hydrogens (tertiary/aromatic N) is 2. The largest absolute Gasteiger partial charge is 0.313 e. The molecule has 3 rings (SSSR count). The first-order valence-electron chi connectivity index (χ1n) is 8.04. The highest BCUT2D eigenvalue weighted by atomic mass is 15.3. The summed E-state index contributed by atoms with van der Waals surface area (Å²) >= 11 is 0. The molecule has 2 saturated carbocycles. The van der Waals surface area contributed by atoms with Gasteiger partial charge in [0.15, 0.2) is 0 Å². The summed E-state index contributed by atoms with van der Waals surface area (Å²) in [6, 6.07) is 0.669. The summed E-state index contributed by atoms with van der Waals surface area (Å²) < 4.78 is 2.04. The molecule has 0 radical (unpaired) electrons. The molecule has 0 bridgehead atoms. The Labute approximate surface area is 116 Å². The van der Waals surface area contributed by atoms with Crippen molar-refractivity contribution in [3.05, 3.63) is 18.0 Å². The highest BCUT2D eigenvalue weighted by Gasteiger charge is 2.47. The summed E-state index contributed by atoms with van der Waals surface area (Å²) in [5, 5.41) is 8.20. The number of rotatable bonds is 7. The highest BCUT2D eigenvalue weighted by molar-refractivity contribution is 5.09. The van der Waals surface area contributed by atoms with E-state index in [2.05, 4.69) is 36.7 Å². The Bertz CT molecular complexity index is 402. The smallest absolute Gasteiger partial charge is 0.0522 e. The molecule has 1 aromatic heterocycles. The third-order valence-corrected chi connectivity index (χ3v) is 4.97. The van der Waals surface area contributed by atoms with Crippen molar-refractivity contribution in [2.75, 3.05) is 6.54 Å². The predicted octanol–water partition coefficient (Wildman–Crippen LogP) is 2.86. The molecule has 19 heavy (non-hydrogen) atoms. The third-order valence-electron chi connectivity index (χ3n) is 4.97. The molecule has 3 atom stereocenters. The standard InChI is InChI=1S/C16H27N3/c1-3-5-17-16(15-8-13-7-14(13)9-15)6-12-10-18-19(4-2)11-12/h10-11,13-17H,3-9H2,1-2H3. The molecule has 106 valence electrons. The Hall–Kier alpha value is -0.830. The number of aryl methyl sites for hydroxylation is 1. The van der Waals surface area contributed by atoms with Crippen LogP contribution in [0.5, 0.6) is 0 Å². The fourth-order valence-electron chi connectivity index (χ4n) is 3.76. The lowest BCUT2D eigenvalue weighted by molar-refractivity contribution is 0.332. The number of nitrogens with one attached hydrogen (secondary N) is 1. The summed E-state index contributed by atoms with van der Waals surface area (Å²) in [5.74, 6) is 3.06. The molecule has 3 unspecified atom stereocenters. The van der Waals surface area contributed by atoms with E-state index in [4.69, 9.17) is 0 Å². The van der Waals surface area contributed by atoms with Crippen LogP contribution >= 0.6 is 0 Å². The molecule has 0 saturated heterocycles. The van der Waals surface area contributed by atoms with Crippen molar-refractivity contribution in [2.24, 2.45) is 17.8 Å². The van der Waals surface area contributed by atoms with Crippen LogP contribution in [-0.2, 0) is 13.0 Å². The second kappa shape index (κ2) is 5.66. The lowest BCUT2D eigenvalue weighted by atomic mass is 9.90. The van der Waals surface area contributed by atoms with Gasteiger partial charge in [0.05, 0.1) is 6.20 Å². The van der Waals surface area contributed by atoms with Crippen LogP contribution < -0.4 is 5.32 Å². The van der Waals surface area contributed by atoms with Gasteiger partial charge in [0.25, 0.3) is 0 Å². The van der Waals surface area contributed by atoms with E-state index in [1.165, 1.54) is 31.2 Å². The van der Waals surface area contributed by atoms with E-state index in [-0.39, 0.29) is 0 Å². The molecule has 0 amide bonds. The van der Waals surface area contributed by atoms with Crippen LogP contribution in [0.15, 0.2) is 12.4 Å². The SMILES string of the molecule is CCCNC(Cc1cnn(CC)c1)C1CC2CC2C1. The van der Waals surface area contributed by atoms with Crippen LogP contribution in [0.1, 0.15) is 45.1 Å². The maximum absolute atomic E-state index is 4.41. The minimum Gasteiger partial charge on any atom is -0.313 e. The molecule has 2 aliphatic rings. The monoisotopic (exact) mass is 261 g/mol. The van der Waals surface area contributed by atoms with Crippen LogP contribution in [0.4, 0.5) is 0 Å². The van der Waals surface area contributed by atoms with Crippen LogP contribution in [0.3, 0.4) is 0 Å². The molecule has 0 aromatic carbocycles. The second-order valence-corrected chi connectivity index (χ2v) is 6.46. The Balaban J connectivity index is 1.61. The summed E-state index contributed by atoms with van der Waals surface area (Å²) in [6.07, 6.45) is 11.1. The molecule has 1 heterocycles. The Morgan fingerprint density at radius 3 is 2.74 bits per heavy atom. The van der Waals surface area contributed by atoms with Gasteiger partial charge >= 0.3 is 0 Å². The van der Waals surface area contributed by atoms with Crippen molar-refractivity contribution in [3.8, 4) is 0 Å². The zero-order valence-corrected chi connectivity index (χ0v) is 12.3. The van der Waals surface area contributed by atoms with Crippen LogP contribution in [0, 0.1) is 17.8 Å². The summed E-state index contributed by atoms with van der Waals surface area (Å²) in [4.78, 5) is 0. The van der Waals surface area contributed by atoms with E-state index in [0.29, 0.717) is 6.04 Å². The van der Waals surface area contributed by atoms with Crippen molar-refractivity contribution in [3.63, 3.8) is 0 Å². The van der Waals surface area contributed by atoms with Crippen molar-refractivity contribution in [2.45, 2.75) is 58.5 Å². The molecule has 1 N–H and O–H groups in total. The van der Waals surface area contributed by atoms with Gasteiger partial charge in [0.1, 0.15) is 0 Å². The maximum atomic E-state index is 4.41. The molecule has 2 aliphatic carbocycles. The van der Waals surface area contributed by atoms with E-state index in [0.717, 1.165) is 37.3 Å². The van der Waals surface area contributed by atoms with Gasteiger partial charge in [-0.15, -0.1) is 0 Å². The highest BCUT2D eigenvalue weighted by Crippen LogP contribution is 2.55. The molecular weight excluding hydrogens is 234 g/mol. The van der Waals surface area contributed by atoms with Crippen molar-refractivity contribution >= 4 is 0 Å². The lowest BCUT2D eigenvalue weighted by Gasteiger charge is -2.25. The average Bonchev–Trinajstić information content (AvgIpc) is 2.87. The Morgan fingerprint density at radius 2 is 2.11 bits per heavy atom. The van der Waals surface area contributed by atoms with Crippen molar-refractivity contribution < 1.29 is 0 Å². The number of hydrogen-bond acceptors (Lipinski definition) is 2. The van der Waals surface area contributed by atoms with E-state index in [1.807, 2.05) is 4.68 Å². The second-order valence-electron chi connectivity index (χ2n) is 6.46. The maximum Gasteiger partial charge on any atom is 0.0522 e. The zero-order valence-electron chi connectivity index (χ0n) is 12.3. The van der Waals surface area contributed by atoms with Crippen molar-refractivity contribution in [1.82, 2.24) is 15.1 Å². The Kier molecular flexibility index (Phi) is 3.92. The van der Waals surface area contributed by atoms with Gasteiger partial charge in [-0.05, 0) is 68.9 Å². The molecule has 2 fully saturated rings. The van der Waals surface area contributed by atoms with Gasteiger partial charge < -0.3 is 5.32 Å². The van der Waals surface area contributed by atoms with Gasteiger partial charge in [0, 0.05) is 18.8 Å². The number of fused-ring (bicyclic) bond motifs is 1. The fraction of sp³-hybridized carbons (Fsp3) is 0.812. The summed E-state index contributed by atoms with van der Waals surface area (Å²) in [6.45, 7) is 6.53. The van der Waals surface area contributed by atoms with Gasteiger partial charge in [0.2, 0.25) is 0 Å². The minimum absolute atomic E-state index is 0.669. The van der Waals surface area contributed by atoms with Crippen molar-refractivity contribution in [1.29, 1.82) is 0 Å². The van der Waals surface area contributed by atoms with Crippen LogP contribution in [-0.4, -0.2) is 22.4 Å². The number of hydrogen-bond donors (Lipinski definition) is 1. The van der Waals surface area contributed by atoms with E-state index in [1.54, 1.807) is 0 Å². The molecule has 0 aliphatic heterocycles. The van der Waals surface area contributed by atoms with E-state index >= 15 is 0 Å². The normalized spacial score (nSPS) is 30.3. The summed E-state index contributed by atoms with van der Waals surface area (Å²) in [5.41, 5.74) is 1.40. The molecule has 1 aromatic rings. The van der Waals surface area contributed by atoms with E-state index < -0.39 is 0 Å². The first kappa shape index (κ1) is 13.2. The predicted molar refractivity (Wildman–Crippen MR) is 78.0 cm³/mol. The van der Waals surface area contributed by atoms with Gasteiger partial charge in [-0.25, -0.2) is 0 Å². The fourth-order valence-corrected chi connectivity index (χ4v) is 3.76. The van der Waals surface area contributed by atoms with E-state index in [9.17, 15) is 0 Å². The quantitative estimate of drug-likeness (QED) is 0.818. The zero-order chi connectivity index (χ0) is 13.2. The Morgan fingerprint density at radius 1 is 1.32 bits per heavy atom.